The minimum atomic E-state index is 0.413. The third-order valence-corrected chi connectivity index (χ3v) is 3.97. The zero-order valence-corrected chi connectivity index (χ0v) is 9.74. The fourth-order valence-electron chi connectivity index (χ4n) is 2.98. The fraction of sp³-hybridized carbons (Fsp3) is 0.769. The Kier molecular flexibility index (Phi) is 2.96. The lowest BCUT2D eigenvalue weighted by Crippen LogP contribution is -2.26. The van der Waals surface area contributed by atoms with Gasteiger partial charge in [0.2, 0.25) is 0 Å². The average Bonchev–Trinajstić information content (AvgIpc) is 3.01. The summed E-state index contributed by atoms with van der Waals surface area (Å²) in [4.78, 5) is 0. The third-order valence-electron chi connectivity index (χ3n) is 3.97. The molecule has 0 bridgehead atoms. The van der Waals surface area contributed by atoms with Gasteiger partial charge in [-0.1, -0.05) is 24.4 Å². The summed E-state index contributed by atoms with van der Waals surface area (Å²) in [6, 6.07) is 2.61. The van der Waals surface area contributed by atoms with E-state index in [0.717, 1.165) is 12.3 Å². The van der Waals surface area contributed by atoms with Gasteiger partial charge in [0.1, 0.15) is 0 Å². The lowest BCUT2D eigenvalue weighted by Gasteiger charge is -2.20. The van der Waals surface area contributed by atoms with Crippen molar-refractivity contribution >= 4 is 0 Å². The third kappa shape index (κ3) is 2.01. The first-order chi connectivity index (χ1) is 7.93. The molecule has 3 nitrogen and oxygen atoms in total. The van der Waals surface area contributed by atoms with E-state index in [1.807, 2.05) is 0 Å². The summed E-state index contributed by atoms with van der Waals surface area (Å²) in [6.45, 7) is 1.12. The smallest absolute Gasteiger partial charge is 0.153 e. The largest absolute Gasteiger partial charge is 0.359 e. The van der Waals surface area contributed by atoms with Gasteiger partial charge in [-0.15, -0.1) is 0 Å². The van der Waals surface area contributed by atoms with Gasteiger partial charge in [0, 0.05) is 12.0 Å². The molecule has 0 radical (unpaired) electrons. The molecule has 2 heterocycles. The zero-order valence-electron chi connectivity index (χ0n) is 9.74. The molecule has 3 heteroatoms. The van der Waals surface area contributed by atoms with Crippen LogP contribution in [0.2, 0.25) is 0 Å². The minimum Gasteiger partial charge on any atom is -0.359 e. The van der Waals surface area contributed by atoms with Gasteiger partial charge in [-0.25, -0.2) is 0 Å². The first-order valence-electron chi connectivity index (χ1n) is 6.63. The molecular weight excluding hydrogens is 200 g/mol. The summed E-state index contributed by atoms with van der Waals surface area (Å²) in [5.41, 5.74) is 1.19. The Hall–Kier alpha value is -0.830. The summed E-state index contributed by atoms with van der Waals surface area (Å²) in [7, 11) is 0. The van der Waals surface area contributed by atoms with E-state index in [2.05, 4.69) is 16.5 Å². The van der Waals surface area contributed by atoms with Crippen molar-refractivity contribution in [2.45, 2.75) is 56.9 Å². The quantitative estimate of drug-likeness (QED) is 0.832. The topological polar surface area (TPSA) is 38.1 Å². The highest BCUT2D eigenvalue weighted by Crippen LogP contribution is 2.35. The number of nitrogens with one attached hydrogen (secondary N) is 1. The Morgan fingerprint density at radius 2 is 1.94 bits per heavy atom. The summed E-state index contributed by atoms with van der Waals surface area (Å²) in [6.07, 6.45) is 9.09. The number of hydrogen-bond donors (Lipinski definition) is 1. The van der Waals surface area contributed by atoms with E-state index in [9.17, 15) is 0 Å². The van der Waals surface area contributed by atoms with Gasteiger partial charge in [0.05, 0.1) is 11.7 Å². The molecule has 88 valence electrons. The Morgan fingerprint density at radius 1 is 1.12 bits per heavy atom. The van der Waals surface area contributed by atoms with Gasteiger partial charge >= 0.3 is 0 Å². The van der Waals surface area contributed by atoms with Gasteiger partial charge < -0.3 is 9.84 Å². The summed E-state index contributed by atoms with van der Waals surface area (Å²) in [5, 5.41) is 7.76. The van der Waals surface area contributed by atoms with E-state index in [0.29, 0.717) is 12.0 Å². The van der Waals surface area contributed by atoms with Crippen LogP contribution in [0, 0.1) is 0 Å². The lowest BCUT2D eigenvalue weighted by molar-refractivity contribution is 0.301. The van der Waals surface area contributed by atoms with E-state index >= 15 is 0 Å². The van der Waals surface area contributed by atoms with Crippen LogP contribution in [0.4, 0.5) is 0 Å². The van der Waals surface area contributed by atoms with Crippen molar-refractivity contribution in [1.82, 2.24) is 10.5 Å². The van der Waals surface area contributed by atoms with Crippen LogP contribution in [-0.4, -0.2) is 11.7 Å². The highest BCUT2D eigenvalue weighted by atomic mass is 16.5. The summed E-state index contributed by atoms with van der Waals surface area (Å²) < 4.78 is 5.50. The van der Waals surface area contributed by atoms with Crippen molar-refractivity contribution in [3.63, 3.8) is 0 Å². The van der Waals surface area contributed by atoms with Crippen LogP contribution in [0.5, 0.6) is 0 Å². The van der Waals surface area contributed by atoms with Crippen LogP contribution in [0.15, 0.2) is 10.6 Å². The Balaban J connectivity index is 1.71. The van der Waals surface area contributed by atoms with Gasteiger partial charge in [0.15, 0.2) is 5.76 Å². The monoisotopic (exact) mass is 220 g/mol. The minimum absolute atomic E-state index is 0.413. The van der Waals surface area contributed by atoms with E-state index in [-0.39, 0.29) is 0 Å². The molecule has 1 unspecified atom stereocenters. The van der Waals surface area contributed by atoms with Crippen molar-refractivity contribution in [3.05, 3.63) is 17.5 Å². The number of aromatic nitrogens is 1. The molecule has 3 rings (SSSR count). The number of rotatable bonds is 2. The maximum Gasteiger partial charge on any atom is 0.153 e. The van der Waals surface area contributed by atoms with Crippen molar-refractivity contribution in [3.8, 4) is 0 Å². The molecule has 2 fully saturated rings. The van der Waals surface area contributed by atoms with E-state index in [4.69, 9.17) is 4.52 Å². The molecule has 1 saturated carbocycles. The van der Waals surface area contributed by atoms with Crippen LogP contribution in [-0.2, 0) is 0 Å². The molecule has 0 amide bonds. The maximum absolute atomic E-state index is 5.50. The maximum atomic E-state index is 5.50. The van der Waals surface area contributed by atoms with Gasteiger partial charge in [-0.05, 0) is 32.2 Å². The molecule has 1 aromatic rings. The molecule has 1 N–H and O–H groups in total. The molecule has 1 aliphatic heterocycles. The summed E-state index contributed by atoms with van der Waals surface area (Å²) >= 11 is 0. The van der Waals surface area contributed by atoms with Crippen LogP contribution in [0.1, 0.15) is 68.4 Å². The number of hydrogen-bond acceptors (Lipinski definition) is 3. The molecule has 1 aromatic heterocycles. The van der Waals surface area contributed by atoms with Crippen LogP contribution >= 0.6 is 0 Å². The molecule has 0 aromatic carbocycles. The molecular formula is C13H20N2O. The fourth-order valence-corrected chi connectivity index (χ4v) is 2.98. The Bertz CT molecular complexity index is 335. The van der Waals surface area contributed by atoms with Gasteiger partial charge in [-0.2, -0.15) is 0 Å². The van der Waals surface area contributed by atoms with Crippen molar-refractivity contribution in [2.24, 2.45) is 0 Å². The van der Waals surface area contributed by atoms with Crippen LogP contribution in [0.25, 0.3) is 0 Å². The standard InChI is InChI=1S/C13H20N2O/c1-2-6-10(5-1)12-9-13(16-15-12)11-7-3-4-8-14-11/h9-11,14H,1-8H2. The van der Waals surface area contributed by atoms with Crippen LogP contribution < -0.4 is 5.32 Å². The predicted octanol–water partition coefficient (Wildman–Crippen LogP) is 3.15. The number of piperidine rings is 1. The molecule has 1 saturated heterocycles. The molecule has 1 aliphatic carbocycles. The Labute approximate surface area is 96.6 Å². The SMILES string of the molecule is c1c(C2CCCC2)noc1C1CCCCN1. The van der Waals surface area contributed by atoms with Crippen LogP contribution in [0.3, 0.4) is 0 Å². The molecule has 1 atom stereocenters. The highest BCUT2D eigenvalue weighted by molar-refractivity contribution is 5.14. The van der Waals surface area contributed by atoms with E-state index < -0.39 is 0 Å². The number of nitrogens with zero attached hydrogens (tertiary/aromatic N) is 1. The second-order valence-corrected chi connectivity index (χ2v) is 5.14. The predicted molar refractivity (Wildman–Crippen MR) is 62.3 cm³/mol. The Morgan fingerprint density at radius 3 is 2.69 bits per heavy atom. The molecule has 0 spiro atoms. The van der Waals surface area contributed by atoms with E-state index in [1.165, 1.54) is 50.6 Å². The average molecular weight is 220 g/mol. The van der Waals surface area contributed by atoms with Gasteiger partial charge in [0.25, 0.3) is 0 Å². The first kappa shape index (κ1) is 10.3. The van der Waals surface area contributed by atoms with Gasteiger partial charge in [-0.3, -0.25) is 0 Å². The molecule has 2 aliphatic rings. The lowest BCUT2D eigenvalue weighted by atomic mass is 10.00. The zero-order chi connectivity index (χ0) is 10.8. The van der Waals surface area contributed by atoms with Crippen molar-refractivity contribution < 1.29 is 4.52 Å². The second-order valence-electron chi connectivity index (χ2n) is 5.14. The summed E-state index contributed by atoms with van der Waals surface area (Å²) in [5.74, 6) is 1.72. The van der Waals surface area contributed by atoms with Crippen molar-refractivity contribution in [1.29, 1.82) is 0 Å². The highest BCUT2D eigenvalue weighted by Gasteiger charge is 2.24. The normalized spacial score (nSPS) is 27.4. The molecule has 16 heavy (non-hydrogen) atoms. The second kappa shape index (κ2) is 4.58. The van der Waals surface area contributed by atoms with E-state index in [1.54, 1.807) is 0 Å². The van der Waals surface area contributed by atoms with Crippen molar-refractivity contribution in [2.75, 3.05) is 6.54 Å². The first-order valence-corrected chi connectivity index (χ1v) is 6.63.